The fraction of sp³-hybridized carbons (Fsp3) is 0.893. The molecule has 4 fully saturated rings. The molecule has 0 amide bonds. The van der Waals surface area contributed by atoms with Crippen molar-refractivity contribution in [3.8, 4) is 0 Å². The monoisotopic (exact) mass is 443 g/mol. The maximum absolute atomic E-state index is 11.3. The van der Waals surface area contributed by atoms with Crippen molar-refractivity contribution >= 4 is 5.97 Å². The van der Waals surface area contributed by atoms with Crippen molar-refractivity contribution in [3.63, 3.8) is 0 Å². The van der Waals surface area contributed by atoms with Gasteiger partial charge in [-0.25, -0.2) is 0 Å². The minimum Gasteiger partial charge on any atom is -0.481 e. The topological polar surface area (TPSA) is 60.8 Å². The van der Waals surface area contributed by atoms with Crippen molar-refractivity contribution < 1.29 is 15.0 Å². The number of hydrogen-bond acceptors (Lipinski definition) is 3. The summed E-state index contributed by atoms with van der Waals surface area (Å²) in [6.07, 6.45) is 13.9. The Kier molecular flexibility index (Phi) is 6.02. The third kappa shape index (κ3) is 3.68. The van der Waals surface area contributed by atoms with E-state index < -0.39 is 5.97 Å². The molecule has 0 bridgehead atoms. The minimum absolute atomic E-state index is 0.114. The molecule has 0 aromatic rings. The molecule has 2 N–H and O–H groups in total. The Balaban J connectivity index is 1.26. The molecule has 1 saturated heterocycles. The van der Waals surface area contributed by atoms with Crippen LogP contribution in [0.25, 0.3) is 0 Å². The zero-order valence-corrected chi connectivity index (χ0v) is 20.6. The maximum atomic E-state index is 11.3. The van der Waals surface area contributed by atoms with Gasteiger partial charge in [-0.2, -0.15) is 0 Å². The van der Waals surface area contributed by atoms with Gasteiger partial charge in [0.1, 0.15) is 0 Å². The first-order chi connectivity index (χ1) is 15.2. The lowest BCUT2D eigenvalue weighted by Gasteiger charge is -2.58. The molecule has 5 aliphatic rings. The number of allylic oxidation sites excluding steroid dienone is 1. The van der Waals surface area contributed by atoms with Gasteiger partial charge >= 0.3 is 5.97 Å². The molecular formula is C28H45NO3. The highest BCUT2D eigenvalue weighted by Crippen LogP contribution is 2.67. The standard InChI is InChI=1S/C28H45NO3/c1-18(17-29-14-10-19(11-15-29)26(31)32)23-6-7-24-22-5-4-20-16-21(30)8-12-27(20,2)25(22)9-13-28(23,24)3/h4,18-19,21-25,30H,5-17H2,1-3H3,(H,31,32)/t18-,21+,22?,23-,24?,25?,27+,28-/m1/s1. The Labute approximate surface area is 194 Å². The molecular weight excluding hydrogens is 398 g/mol. The normalized spacial score (nSPS) is 46.0. The van der Waals surface area contributed by atoms with E-state index in [0.29, 0.717) is 16.7 Å². The van der Waals surface area contributed by atoms with Crippen molar-refractivity contribution in [2.45, 2.75) is 91.1 Å². The largest absolute Gasteiger partial charge is 0.481 e. The third-order valence-electron chi connectivity index (χ3n) is 11.3. The van der Waals surface area contributed by atoms with Gasteiger partial charge in [0.25, 0.3) is 0 Å². The maximum Gasteiger partial charge on any atom is 0.306 e. The number of aliphatic carboxylic acids is 1. The number of rotatable bonds is 4. The highest BCUT2D eigenvalue weighted by atomic mass is 16.4. The number of fused-ring (bicyclic) bond motifs is 5. The summed E-state index contributed by atoms with van der Waals surface area (Å²) in [5.74, 6) is 3.27. The molecule has 4 heteroatoms. The van der Waals surface area contributed by atoms with E-state index in [4.69, 9.17) is 0 Å². The summed E-state index contributed by atoms with van der Waals surface area (Å²) in [5, 5.41) is 19.6. The number of carbonyl (C=O) groups is 1. The van der Waals surface area contributed by atoms with Crippen LogP contribution in [0, 0.1) is 46.3 Å². The number of aliphatic hydroxyl groups excluding tert-OH is 1. The first-order valence-electron chi connectivity index (χ1n) is 13.5. The molecule has 3 saturated carbocycles. The van der Waals surface area contributed by atoms with Crippen molar-refractivity contribution in [2.24, 2.45) is 46.3 Å². The molecule has 4 nitrogen and oxygen atoms in total. The van der Waals surface area contributed by atoms with Crippen LogP contribution in [-0.4, -0.2) is 46.8 Å². The van der Waals surface area contributed by atoms with E-state index in [-0.39, 0.29) is 12.0 Å². The minimum atomic E-state index is -0.605. The highest BCUT2D eigenvalue weighted by Gasteiger charge is 2.59. The predicted molar refractivity (Wildman–Crippen MR) is 127 cm³/mol. The average molecular weight is 444 g/mol. The number of nitrogens with zero attached hydrogens (tertiary/aromatic N) is 1. The van der Waals surface area contributed by atoms with Crippen LogP contribution in [0.2, 0.25) is 0 Å². The molecule has 3 unspecified atom stereocenters. The van der Waals surface area contributed by atoms with Crippen LogP contribution >= 0.6 is 0 Å². The van der Waals surface area contributed by atoms with Crippen LogP contribution in [0.3, 0.4) is 0 Å². The summed E-state index contributed by atoms with van der Waals surface area (Å²) in [7, 11) is 0. The molecule has 0 aromatic carbocycles. The Hall–Kier alpha value is -0.870. The Morgan fingerprint density at radius 3 is 2.56 bits per heavy atom. The zero-order valence-electron chi connectivity index (χ0n) is 20.6. The molecule has 32 heavy (non-hydrogen) atoms. The summed E-state index contributed by atoms with van der Waals surface area (Å²) in [5.41, 5.74) is 2.38. The second-order valence-corrected chi connectivity index (χ2v) is 12.8. The third-order valence-corrected chi connectivity index (χ3v) is 11.3. The van der Waals surface area contributed by atoms with E-state index in [1.165, 1.54) is 38.5 Å². The fourth-order valence-corrected chi connectivity index (χ4v) is 9.51. The van der Waals surface area contributed by atoms with Crippen LogP contribution in [0.15, 0.2) is 11.6 Å². The van der Waals surface area contributed by atoms with Crippen molar-refractivity contribution in [1.82, 2.24) is 4.90 Å². The number of carboxylic acid groups (broad SMARTS) is 1. The number of likely N-dealkylation sites (tertiary alicyclic amines) is 1. The van der Waals surface area contributed by atoms with Gasteiger partial charge in [-0.15, -0.1) is 0 Å². The van der Waals surface area contributed by atoms with E-state index in [2.05, 4.69) is 31.7 Å². The van der Waals surface area contributed by atoms with E-state index in [0.717, 1.165) is 69.0 Å². The Morgan fingerprint density at radius 1 is 1.09 bits per heavy atom. The van der Waals surface area contributed by atoms with Gasteiger partial charge in [0.2, 0.25) is 0 Å². The van der Waals surface area contributed by atoms with Gasteiger partial charge in [-0.05, 0) is 118 Å². The Bertz CT molecular complexity index is 756. The molecule has 1 aliphatic heterocycles. The molecule has 4 aliphatic carbocycles. The average Bonchev–Trinajstić information content (AvgIpc) is 3.12. The first-order valence-corrected chi connectivity index (χ1v) is 13.5. The Morgan fingerprint density at radius 2 is 1.84 bits per heavy atom. The van der Waals surface area contributed by atoms with E-state index >= 15 is 0 Å². The number of aliphatic hydroxyl groups is 1. The van der Waals surface area contributed by atoms with Crippen LogP contribution in [-0.2, 0) is 4.79 Å². The summed E-state index contributed by atoms with van der Waals surface area (Å²) in [6, 6.07) is 0. The molecule has 0 radical (unpaired) electrons. The van der Waals surface area contributed by atoms with E-state index in [1.54, 1.807) is 5.57 Å². The summed E-state index contributed by atoms with van der Waals surface area (Å²) in [6.45, 7) is 10.7. The lowest BCUT2D eigenvalue weighted by molar-refractivity contribution is -0.143. The zero-order chi connectivity index (χ0) is 22.7. The van der Waals surface area contributed by atoms with Gasteiger partial charge in [0.05, 0.1) is 12.0 Å². The summed E-state index contributed by atoms with van der Waals surface area (Å²) < 4.78 is 0. The second kappa shape index (κ2) is 8.41. The fourth-order valence-electron chi connectivity index (χ4n) is 9.51. The van der Waals surface area contributed by atoms with Gasteiger partial charge < -0.3 is 15.1 Å². The van der Waals surface area contributed by atoms with Crippen LogP contribution in [0.5, 0.6) is 0 Å². The SMILES string of the molecule is C[C@H](CN1CCC(C(=O)O)CC1)[C@H]1CCC2C3CC=C4C[C@@H](O)CC[C@]4(C)C3CC[C@@]21C. The first kappa shape index (κ1) is 22.9. The highest BCUT2D eigenvalue weighted by molar-refractivity contribution is 5.70. The molecule has 180 valence electrons. The quantitative estimate of drug-likeness (QED) is 0.574. The lowest BCUT2D eigenvalue weighted by Crippen LogP contribution is -2.51. The second-order valence-electron chi connectivity index (χ2n) is 12.8. The van der Waals surface area contributed by atoms with Crippen LogP contribution in [0.1, 0.15) is 85.0 Å². The van der Waals surface area contributed by atoms with Gasteiger partial charge in [-0.3, -0.25) is 4.79 Å². The van der Waals surface area contributed by atoms with Gasteiger partial charge in [0, 0.05) is 6.54 Å². The molecule has 1 heterocycles. The van der Waals surface area contributed by atoms with Gasteiger partial charge in [-0.1, -0.05) is 32.4 Å². The number of hydrogen-bond donors (Lipinski definition) is 2. The van der Waals surface area contributed by atoms with Crippen molar-refractivity contribution in [1.29, 1.82) is 0 Å². The van der Waals surface area contributed by atoms with E-state index in [9.17, 15) is 15.0 Å². The predicted octanol–water partition coefficient (Wildman–Crippen LogP) is 5.36. The van der Waals surface area contributed by atoms with E-state index in [1.807, 2.05) is 0 Å². The smallest absolute Gasteiger partial charge is 0.306 e. The van der Waals surface area contributed by atoms with Crippen molar-refractivity contribution in [3.05, 3.63) is 11.6 Å². The lowest BCUT2D eigenvalue weighted by atomic mass is 9.47. The molecule has 8 atom stereocenters. The van der Waals surface area contributed by atoms with Gasteiger partial charge in [0.15, 0.2) is 0 Å². The number of carboxylic acids is 1. The molecule has 0 spiro atoms. The van der Waals surface area contributed by atoms with Crippen LogP contribution < -0.4 is 0 Å². The molecule has 5 rings (SSSR count). The van der Waals surface area contributed by atoms with Crippen molar-refractivity contribution in [2.75, 3.05) is 19.6 Å². The summed E-state index contributed by atoms with van der Waals surface area (Å²) >= 11 is 0. The van der Waals surface area contributed by atoms with Crippen LogP contribution in [0.4, 0.5) is 0 Å². The number of piperidine rings is 1. The summed E-state index contributed by atoms with van der Waals surface area (Å²) in [4.78, 5) is 13.9. The molecule has 0 aromatic heterocycles.